The summed E-state index contributed by atoms with van der Waals surface area (Å²) in [6.07, 6.45) is 2.47. The molecule has 29 heavy (non-hydrogen) atoms. The fraction of sp³-hybridized carbons (Fsp3) is 0.333. The number of rotatable bonds is 9. The lowest BCUT2D eigenvalue weighted by Gasteiger charge is -2.23. The van der Waals surface area contributed by atoms with Crippen LogP contribution in [-0.2, 0) is 0 Å². The number of hydrogen-bond acceptors (Lipinski definition) is 2. The van der Waals surface area contributed by atoms with Crippen molar-refractivity contribution in [1.29, 1.82) is 0 Å². The van der Waals surface area contributed by atoms with E-state index in [0.29, 0.717) is 42.5 Å². The Labute approximate surface area is 175 Å². The maximum atomic E-state index is 13.3. The fourth-order valence-corrected chi connectivity index (χ4v) is 2.70. The van der Waals surface area contributed by atoms with Gasteiger partial charge >= 0.3 is 12.1 Å². The summed E-state index contributed by atoms with van der Waals surface area (Å²) >= 11 is 5.87. The van der Waals surface area contributed by atoms with E-state index in [1.807, 2.05) is 0 Å². The zero-order valence-corrected chi connectivity index (χ0v) is 17.1. The Morgan fingerprint density at radius 1 is 0.966 bits per heavy atom. The summed E-state index contributed by atoms with van der Waals surface area (Å²) in [7, 11) is 0. The van der Waals surface area contributed by atoms with E-state index in [-0.39, 0.29) is 17.9 Å². The smallest absolute Gasteiger partial charge is 0.326 e. The summed E-state index contributed by atoms with van der Waals surface area (Å²) < 4.78 is 13.3. The molecule has 0 aromatic heterocycles. The second kappa shape index (κ2) is 11.9. The third kappa shape index (κ3) is 7.99. The van der Waals surface area contributed by atoms with E-state index in [1.165, 1.54) is 17.0 Å². The van der Waals surface area contributed by atoms with Gasteiger partial charge in [0.2, 0.25) is 0 Å². The van der Waals surface area contributed by atoms with Crippen LogP contribution < -0.4 is 20.9 Å². The highest BCUT2D eigenvalue weighted by Crippen LogP contribution is 2.18. The second-order valence-electron chi connectivity index (χ2n) is 6.45. The van der Waals surface area contributed by atoms with Gasteiger partial charge < -0.3 is 16.0 Å². The topological polar surface area (TPSA) is 73.5 Å². The van der Waals surface area contributed by atoms with E-state index < -0.39 is 0 Å². The molecule has 0 spiro atoms. The largest absolute Gasteiger partial charge is 0.338 e. The number of nitrogens with one attached hydrogen (secondary N) is 3. The summed E-state index contributed by atoms with van der Waals surface area (Å²) in [5, 5.41) is 8.92. The monoisotopic (exact) mass is 420 g/mol. The van der Waals surface area contributed by atoms with E-state index in [4.69, 9.17) is 11.6 Å². The van der Waals surface area contributed by atoms with E-state index in [0.717, 1.165) is 12.8 Å². The van der Waals surface area contributed by atoms with Gasteiger partial charge in [0.15, 0.2) is 0 Å². The summed E-state index contributed by atoms with van der Waals surface area (Å²) in [6.45, 7) is 3.44. The standard InChI is InChI=1S/C21H26ClFN4O2/c1-2-3-13-24-20(28)25-14-4-15-27(19-11-7-17(23)8-12-19)21(29)26-18-9-5-16(22)6-10-18/h5-12H,2-4,13-15H2,1H3,(H,26,29)(H2,24,25,28). The molecule has 6 nitrogen and oxygen atoms in total. The van der Waals surface area contributed by atoms with Crippen LogP contribution >= 0.6 is 11.6 Å². The molecule has 0 fully saturated rings. The lowest BCUT2D eigenvalue weighted by atomic mass is 10.2. The van der Waals surface area contributed by atoms with Crippen molar-refractivity contribution in [3.8, 4) is 0 Å². The number of nitrogens with zero attached hydrogens (tertiary/aromatic N) is 1. The molecule has 156 valence electrons. The Morgan fingerprint density at radius 2 is 1.59 bits per heavy atom. The quantitative estimate of drug-likeness (QED) is 0.499. The van der Waals surface area contributed by atoms with Crippen molar-refractivity contribution in [3.05, 3.63) is 59.4 Å². The van der Waals surface area contributed by atoms with Gasteiger partial charge in [0, 0.05) is 36.0 Å². The van der Waals surface area contributed by atoms with Crippen LogP contribution in [0.3, 0.4) is 0 Å². The third-order valence-corrected chi connectivity index (χ3v) is 4.39. The van der Waals surface area contributed by atoms with Crippen LogP contribution in [0.2, 0.25) is 5.02 Å². The van der Waals surface area contributed by atoms with Crippen molar-refractivity contribution in [3.63, 3.8) is 0 Å². The van der Waals surface area contributed by atoms with Crippen LogP contribution in [0.15, 0.2) is 48.5 Å². The summed E-state index contributed by atoms with van der Waals surface area (Å²) in [5.41, 5.74) is 1.16. The number of urea groups is 2. The number of unbranched alkanes of at least 4 members (excludes halogenated alkanes) is 1. The van der Waals surface area contributed by atoms with Crippen molar-refractivity contribution < 1.29 is 14.0 Å². The van der Waals surface area contributed by atoms with Gasteiger partial charge in [-0.3, -0.25) is 4.90 Å². The molecule has 0 aliphatic carbocycles. The highest BCUT2D eigenvalue weighted by atomic mass is 35.5. The lowest BCUT2D eigenvalue weighted by molar-refractivity contribution is 0.240. The molecule has 0 unspecified atom stereocenters. The normalized spacial score (nSPS) is 10.3. The zero-order chi connectivity index (χ0) is 21.1. The van der Waals surface area contributed by atoms with Crippen molar-refractivity contribution in [1.82, 2.24) is 10.6 Å². The maximum Gasteiger partial charge on any atom is 0.326 e. The average molecular weight is 421 g/mol. The van der Waals surface area contributed by atoms with E-state index in [1.54, 1.807) is 36.4 Å². The van der Waals surface area contributed by atoms with Gasteiger partial charge in [0.25, 0.3) is 0 Å². The van der Waals surface area contributed by atoms with Crippen LogP contribution in [-0.4, -0.2) is 31.7 Å². The Balaban J connectivity index is 1.94. The highest BCUT2D eigenvalue weighted by molar-refractivity contribution is 6.30. The predicted octanol–water partition coefficient (Wildman–Crippen LogP) is 5.01. The molecular formula is C21H26ClFN4O2. The highest BCUT2D eigenvalue weighted by Gasteiger charge is 2.16. The number of halogens is 2. The van der Waals surface area contributed by atoms with Crippen LogP contribution in [0.5, 0.6) is 0 Å². The van der Waals surface area contributed by atoms with Crippen molar-refractivity contribution in [2.24, 2.45) is 0 Å². The fourth-order valence-electron chi connectivity index (χ4n) is 2.57. The maximum absolute atomic E-state index is 13.3. The number of carbonyl (C=O) groups excluding carboxylic acids is 2. The Hall–Kier alpha value is -2.80. The molecule has 0 heterocycles. The first-order valence-electron chi connectivity index (χ1n) is 9.61. The average Bonchev–Trinajstić information content (AvgIpc) is 2.71. The van der Waals surface area contributed by atoms with Gasteiger partial charge in [-0.05, 0) is 61.4 Å². The number of anilines is 2. The molecule has 2 aromatic rings. The summed E-state index contributed by atoms with van der Waals surface area (Å²) in [4.78, 5) is 26.0. The minimum atomic E-state index is -0.378. The molecule has 0 saturated carbocycles. The zero-order valence-electron chi connectivity index (χ0n) is 16.4. The molecular weight excluding hydrogens is 395 g/mol. The van der Waals surface area contributed by atoms with Crippen molar-refractivity contribution in [2.75, 3.05) is 29.9 Å². The first-order chi connectivity index (χ1) is 14.0. The third-order valence-electron chi connectivity index (χ3n) is 4.14. The molecule has 0 aliphatic rings. The molecule has 2 aromatic carbocycles. The molecule has 0 radical (unpaired) electrons. The molecule has 0 saturated heterocycles. The minimum absolute atomic E-state index is 0.225. The Bertz CT molecular complexity index is 784. The number of carbonyl (C=O) groups is 2. The molecule has 3 N–H and O–H groups in total. The molecule has 0 atom stereocenters. The minimum Gasteiger partial charge on any atom is -0.338 e. The summed E-state index contributed by atoms with van der Waals surface area (Å²) in [6, 6.07) is 11.9. The predicted molar refractivity (Wildman–Crippen MR) is 115 cm³/mol. The van der Waals surface area contributed by atoms with Gasteiger partial charge in [-0.25, -0.2) is 14.0 Å². The van der Waals surface area contributed by atoms with Crippen molar-refractivity contribution in [2.45, 2.75) is 26.2 Å². The Morgan fingerprint density at radius 3 is 2.21 bits per heavy atom. The van der Waals surface area contributed by atoms with E-state index >= 15 is 0 Å². The van der Waals surface area contributed by atoms with Gasteiger partial charge in [0.1, 0.15) is 5.82 Å². The molecule has 0 bridgehead atoms. The van der Waals surface area contributed by atoms with E-state index in [2.05, 4.69) is 22.9 Å². The van der Waals surface area contributed by atoms with Crippen LogP contribution in [0.25, 0.3) is 0 Å². The summed E-state index contributed by atoms with van der Waals surface area (Å²) in [5.74, 6) is -0.378. The second-order valence-corrected chi connectivity index (χ2v) is 6.89. The molecule has 8 heteroatoms. The van der Waals surface area contributed by atoms with Gasteiger partial charge in [-0.15, -0.1) is 0 Å². The first-order valence-corrected chi connectivity index (χ1v) is 9.98. The first kappa shape index (κ1) is 22.5. The number of benzene rings is 2. The lowest BCUT2D eigenvalue weighted by Crippen LogP contribution is -2.39. The number of amides is 4. The van der Waals surface area contributed by atoms with Crippen LogP contribution in [0, 0.1) is 5.82 Å². The number of hydrogen-bond donors (Lipinski definition) is 3. The van der Waals surface area contributed by atoms with Gasteiger partial charge in [-0.1, -0.05) is 24.9 Å². The molecule has 4 amide bonds. The van der Waals surface area contributed by atoms with Gasteiger partial charge in [0.05, 0.1) is 0 Å². The molecule has 2 rings (SSSR count). The molecule has 0 aliphatic heterocycles. The van der Waals surface area contributed by atoms with Crippen LogP contribution in [0.4, 0.5) is 25.4 Å². The van der Waals surface area contributed by atoms with Crippen molar-refractivity contribution >= 4 is 35.0 Å². The van der Waals surface area contributed by atoms with Crippen LogP contribution in [0.1, 0.15) is 26.2 Å². The SMILES string of the molecule is CCCCNC(=O)NCCCN(C(=O)Nc1ccc(Cl)cc1)c1ccc(F)cc1. The van der Waals surface area contributed by atoms with Gasteiger partial charge in [-0.2, -0.15) is 0 Å². The Kier molecular flexibility index (Phi) is 9.24. The van der Waals surface area contributed by atoms with E-state index in [9.17, 15) is 14.0 Å².